The maximum atomic E-state index is 4.44. The van der Waals surface area contributed by atoms with Crippen LogP contribution < -0.4 is 5.43 Å². The van der Waals surface area contributed by atoms with Gasteiger partial charge < -0.3 is 4.57 Å². The number of hydrogen-bond donors (Lipinski definition) is 1. The minimum atomic E-state index is 0.706. The average molecular weight is 214 g/mol. The van der Waals surface area contributed by atoms with Crippen molar-refractivity contribution < 1.29 is 0 Å². The molecule has 0 aliphatic carbocycles. The Hall–Kier alpha value is -2.37. The summed E-state index contributed by atoms with van der Waals surface area (Å²) in [7, 11) is 1.95. The van der Waals surface area contributed by atoms with Crippen LogP contribution in [-0.4, -0.2) is 24.7 Å². The number of anilines is 1. The van der Waals surface area contributed by atoms with Crippen LogP contribution in [0.1, 0.15) is 0 Å². The molecule has 3 aromatic rings. The summed E-state index contributed by atoms with van der Waals surface area (Å²) in [4.78, 5) is 5.81. The minimum Gasteiger partial charge on any atom is -0.312 e. The lowest BCUT2D eigenvalue weighted by Gasteiger charge is -2.03. The summed E-state index contributed by atoms with van der Waals surface area (Å²) >= 11 is 0. The lowest BCUT2D eigenvalue weighted by molar-refractivity contribution is 0.669. The molecule has 0 atom stereocenters. The molecular formula is C10H10N6. The number of imidazole rings is 1. The van der Waals surface area contributed by atoms with Gasteiger partial charge in [0, 0.05) is 7.05 Å². The molecule has 0 saturated carbocycles. The van der Waals surface area contributed by atoms with Crippen molar-refractivity contribution in [2.24, 2.45) is 7.05 Å². The van der Waals surface area contributed by atoms with E-state index in [1.165, 1.54) is 4.91 Å². The molecule has 16 heavy (non-hydrogen) atoms. The first-order valence-corrected chi connectivity index (χ1v) is 4.89. The number of aryl methyl sites for hydroxylation is 1. The molecule has 2 heterocycles. The largest absolute Gasteiger partial charge is 0.312 e. The molecule has 0 aliphatic rings. The number of aromatic nitrogens is 5. The maximum Gasteiger partial charge on any atom is 0.225 e. The highest BCUT2D eigenvalue weighted by atomic mass is 15.7. The van der Waals surface area contributed by atoms with E-state index < -0.39 is 0 Å². The molecule has 1 N–H and O–H groups in total. The van der Waals surface area contributed by atoms with Crippen LogP contribution in [0, 0.1) is 0 Å². The number of nitrogens with one attached hydrogen (secondary N) is 1. The van der Waals surface area contributed by atoms with Gasteiger partial charge in [0.1, 0.15) is 0 Å². The Kier molecular flexibility index (Phi) is 1.86. The number of fused-ring (bicyclic) bond motifs is 1. The first-order chi connectivity index (χ1) is 7.84. The first kappa shape index (κ1) is 8.90. The van der Waals surface area contributed by atoms with Crippen molar-refractivity contribution >= 4 is 17.0 Å². The molecule has 0 aliphatic heterocycles. The second-order valence-electron chi connectivity index (χ2n) is 3.41. The molecule has 2 aromatic heterocycles. The summed E-state index contributed by atoms with van der Waals surface area (Å²) in [5.41, 5.74) is 5.00. The second-order valence-corrected chi connectivity index (χ2v) is 3.41. The third-order valence-electron chi connectivity index (χ3n) is 2.41. The molecule has 3 rings (SSSR count). The molecule has 0 radical (unpaired) electrons. The van der Waals surface area contributed by atoms with Crippen molar-refractivity contribution in [3.8, 4) is 0 Å². The van der Waals surface area contributed by atoms with E-state index in [0.717, 1.165) is 11.0 Å². The first-order valence-electron chi connectivity index (χ1n) is 4.89. The van der Waals surface area contributed by atoms with Crippen LogP contribution in [0.25, 0.3) is 11.0 Å². The summed E-state index contributed by atoms with van der Waals surface area (Å²) in [5, 5.41) is 7.93. The number of rotatable bonds is 2. The molecule has 0 fully saturated rings. The minimum absolute atomic E-state index is 0.706. The topological polar surface area (TPSA) is 60.6 Å². The molecule has 6 nitrogen and oxygen atoms in total. The van der Waals surface area contributed by atoms with E-state index in [1.54, 1.807) is 12.4 Å². The fourth-order valence-electron chi connectivity index (χ4n) is 1.61. The third-order valence-corrected chi connectivity index (χ3v) is 2.41. The van der Waals surface area contributed by atoms with E-state index in [-0.39, 0.29) is 0 Å². The summed E-state index contributed by atoms with van der Waals surface area (Å²) in [6, 6.07) is 7.94. The number of nitrogens with zero attached hydrogens (tertiary/aromatic N) is 5. The van der Waals surface area contributed by atoms with Crippen molar-refractivity contribution in [3.05, 3.63) is 36.7 Å². The Bertz CT molecular complexity index is 609. The maximum absolute atomic E-state index is 4.44. The van der Waals surface area contributed by atoms with Crippen molar-refractivity contribution in [1.29, 1.82) is 0 Å². The van der Waals surface area contributed by atoms with Crippen LogP contribution in [-0.2, 0) is 7.05 Å². The van der Waals surface area contributed by atoms with Crippen molar-refractivity contribution in [2.45, 2.75) is 0 Å². The zero-order valence-corrected chi connectivity index (χ0v) is 8.70. The quantitative estimate of drug-likeness (QED) is 0.692. The van der Waals surface area contributed by atoms with E-state index in [2.05, 4.69) is 20.6 Å². The van der Waals surface area contributed by atoms with Crippen LogP contribution in [0.5, 0.6) is 0 Å². The Balaban J connectivity index is 2.07. The van der Waals surface area contributed by atoms with Gasteiger partial charge in [-0.3, -0.25) is 0 Å². The van der Waals surface area contributed by atoms with Gasteiger partial charge in [-0.15, -0.1) is 10.2 Å². The van der Waals surface area contributed by atoms with E-state index in [4.69, 9.17) is 0 Å². The van der Waals surface area contributed by atoms with Gasteiger partial charge in [0.05, 0.1) is 23.4 Å². The van der Waals surface area contributed by atoms with Crippen LogP contribution in [0.4, 0.5) is 5.95 Å². The fourth-order valence-corrected chi connectivity index (χ4v) is 1.61. The molecule has 0 bridgehead atoms. The highest BCUT2D eigenvalue weighted by Gasteiger charge is 2.06. The summed E-state index contributed by atoms with van der Waals surface area (Å²) in [6.45, 7) is 0. The van der Waals surface area contributed by atoms with E-state index in [1.807, 2.05) is 35.9 Å². The lowest BCUT2D eigenvalue weighted by atomic mass is 10.3. The van der Waals surface area contributed by atoms with Gasteiger partial charge >= 0.3 is 0 Å². The van der Waals surface area contributed by atoms with Crippen molar-refractivity contribution in [1.82, 2.24) is 24.7 Å². The van der Waals surface area contributed by atoms with Gasteiger partial charge in [-0.05, 0) is 12.1 Å². The predicted octanol–water partition coefficient (Wildman–Crippen LogP) is 1.04. The Morgan fingerprint density at radius 2 is 1.88 bits per heavy atom. The third kappa shape index (κ3) is 1.31. The zero-order valence-electron chi connectivity index (χ0n) is 8.70. The molecule has 0 unspecified atom stereocenters. The van der Waals surface area contributed by atoms with Crippen molar-refractivity contribution in [2.75, 3.05) is 5.43 Å². The summed E-state index contributed by atoms with van der Waals surface area (Å²) in [6.07, 6.45) is 3.21. The van der Waals surface area contributed by atoms with Gasteiger partial charge in [0.25, 0.3) is 0 Å². The zero-order chi connectivity index (χ0) is 11.0. The monoisotopic (exact) mass is 214 g/mol. The number of para-hydroxylation sites is 2. The van der Waals surface area contributed by atoms with Crippen molar-refractivity contribution in [3.63, 3.8) is 0 Å². The van der Waals surface area contributed by atoms with Crippen LogP contribution in [0.3, 0.4) is 0 Å². The number of hydrogen-bond acceptors (Lipinski definition) is 4. The highest BCUT2D eigenvalue weighted by Crippen LogP contribution is 2.16. The lowest BCUT2D eigenvalue weighted by Crippen LogP contribution is -2.15. The van der Waals surface area contributed by atoms with Gasteiger partial charge in [-0.2, -0.15) is 0 Å². The molecule has 0 amide bonds. The van der Waals surface area contributed by atoms with Gasteiger partial charge in [-0.25, -0.2) is 10.4 Å². The van der Waals surface area contributed by atoms with E-state index in [0.29, 0.717) is 5.95 Å². The van der Waals surface area contributed by atoms with Gasteiger partial charge in [0.2, 0.25) is 5.95 Å². The Labute approximate surface area is 91.5 Å². The molecule has 6 heteroatoms. The van der Waals surface area contributed by atoms with Crippen LogP contribution in [0.15, 0.2) is 36.7 Å². The summed E-state index contributed by atoms with van der Waals surface area (Å²) in [5.74, 6) is 0.706. The van der Waals surface area contributed by atoms with E-state index in [9.17, 15) is 0 Å². The normalized spacial score (nSPS) is 10.8. The summed E-state index contributed by atoms with van der Waals surface area (Å²) < 4.78 is 1.96. The predicted molar refractivity (Wildman–Crippen MR) is 59.8 cm³/mol. The Morgan fingerprint density at radius 3 is 2.62 bits per heavy atom. The molecule has 0 saturated heterocycles. The fraction of sp³-hybridized carbons (Fsp3) is 0.100. The van der Waals surface area contributed by atoms with Gasteiger partial charge in [-0.1, -0.05) is 17.0 Å². The Morgan fingerprint density at radius 1 is 1.12 bits per heavy atom. The molecule has 80 valence electrons. The smallest absolute Gasteiger partial charge is 0.225 e. The SMILES string of the molecule is Cn1c(Nn2nccn2)nc2ccccc21. The van der Waals surface area contributed by atoms with Gasteiger partial charge in [0.15, 0.2) is 0 Å². The van der Waals surface area contributed by atoms with Crippen LogP contribution in [0.2, 0.25) is 0 Å². The number of benzene rings is 1. The molecule has 1 aromatic carbocycles. The second kappa shape index (κ2) is 3.34. The van der Waals surface area contributed by atoms with Crippen LogP contribution >= 0.6 is 0 Å². The standard InChI is InChI=1S/C10H10N6/c1-15-9-5-3-2-4-8(9)13-10(15)14-16-11-6-7-12-16/h2-7H,1H3,(H,13,14). The van der Waals surface area contributed by atoms with E-state index >= 15 is 0 Å². The average Bonchev–Trinajstić information content (AvgIpc) is 2.90. The molecular weight excluding hydrogens is 204 g/mol. The molecule has 0 spiro atoms. The highest BCUT2D eigenvalue weighted by molar-refractivity contribution is 5.78.